The molecule has 0 heterocycles. The van der Waals surface area contributed by atoms with Gasteiger partial charge in [-0.2, -0.15) is 0 Å². The van der Waals surface area contributed by atoms with E-state index in [1.54, 1.807) is 48.4 Å². The SMILES string of the molecule is COc1ccccc1CNC(=O)C(Cc1ccccc1)N(Cc1ccc(F)cc1)C(=O)CCc1ccc(S(=O)(=O)NC2CC2)cc1. The van der Waals surface area contributed by atoms with E-state index in [1.165, 1.54) is 12.1 Å². The summed E-state index contributed by atoms with van der Waals surface area (Å²) in [5.41, 5.74) is 3.16. The van der Waals surface area contributed by atoms with Crippen LogP contribution in [0.2, 0.25) is 0 Å². The van der Waals surface area contributed by atoms with Gasteiger partial charge in [-0.05, 0) is 66.3 Å². The molecule has 8 nitrogen and oxygen atoms in total. The zero-order chi connectivity index (χ0) is 32.5. The van der Waals surface area contributed by atoms with Gasteiger partial charge in [0.05, 0.1) is 12.0 Å². The number of carbonyl (C=O) groups excluding carboxylic acids is 2. The zero-order valence-electron chi connectivity index (χ0n) is 25.7. The van der Waals surface area contributed by atoms with E-state index in [1.807, 2.05) is 54.6 Å². The van der Waals surface area contributed by atoms with Gasteiger partial charge in [-0.15, -0.1) is 0 Å². The first-order valence-electron chi connectivity index (χ1n) is 15.3. The number of para-hydroxylation sites is 1. The molecule has 2 amide bonds. The van der Waals surface area contributed by atoms with Crippen LogP contribution in [0.5, 0.6) is 5.75 Å². The lowest BCUT2D eigenvalue weighted by Crippen LogP contribution is -2.50. The van der Waals surface area contributed by atoms with Crippen molar-refractivity contribution in [3.63, 3.8) is 0 Å². The van der Waals surface area contributed by atoms with Crippen LogP contribution in [-0.2, 0) is 45.5 Å². The Labute approximate surface area is 269 Å². The highest BCUT2D eigenvalue weighted by Gasteiger charge is 2.31. The molecule has 0 aromatic heterocycles. The van der Waals surface area contributed by atoms with Gasteiger partial charge in [-0.3, -0.25) is 9.59 Å². The standard InChI is InChI=1S/C36H38FN3O5S/c1-45-34-10-6-5-9-29(34)24-38-36(42)33(23-27-7-3-2-4-8-27)40(25-28-11-16-30(37)17-12-28)35(41)22-15-26-13-20-32(21-14-26)46(43,44)39-31-18-19-31/h2-14,16-17,20-21,31,33,39H,15,18-19,22-25H2,1H3,(H,38,42). The van der Waals surface area contributed by atoms with Gasteiger partial charge in [0, 0.05) is 37.5 Å². The van der Waals surface area contributed by atoms with Crippen LogP contribution in [0.3, 0.4) is 0 Å². The number of rotatable bonds is 15. The molecule has 0 spiro atoms. The lowest BCUT2D eigenvalue weighted by molar-refractivity contribution is -0.141. The Kier molecular flexibility index (Phi) is 10.8. The van der Waals surface area contributed by atoms with E-state index in [0.717, 1.165) is 29.5 Å². The van der Waals surface area contributed by atoms with Crippen LogP contribution in [0.4, 0.5) is 4.39 Å². The molecule has 5 rings (SSSR count). The van der Waals surface area contributed by atoms with E-state index in [4.69, 9.17) is 4.74 Å². The second-order valence-corrected chi connectivity index (χ2v) is 13.1. The first-order valence-corrected chi connectivity index (χ1v) is 16.8. The first-order chi connectivity index (χ1) is 22.2. The van der Waals surface area contributed by atoms with Crippen LogP contribution < -0.4 is 14.8 Å². The number of nitrogens with one attached hydrogen (secondary N) is 2. The summed E-state index contributed by atoms with van der Waals surface area (Å²) >= 11 is 0. The number of amides is 2. The number of benzene rings is 4. The molecule has 4 aromatic carbocycles. The molecule has 4 aromatic rings. The third kappa shape index (κ3) is 9.02. The maximum absolute atomic E-state index is 14.0. The van der Waals surface area contributed by atoms with Gasteiger partial charge in [-0.1, -0.05) is 72.8 Å². The Hall–Kier alpha value is -4.54. The van der Waals surface area contributed by atoms with Crippen molar-refractivity contribution in [2.45, 2.75) is 62.2 Å². The minimum absolute atomic E-state index is 0.00476. The van der Waals surface area contributed by atoms with Crippen molar-refractivity contribution < 1.29 is 27.1 Å². The number of ether oxygens (including phenoxy) is 1. The van der Waals surface area contributed by atoms with E-state index in [2.05, 4.69) is 10.0 Å². The summed E-state index contributed by atoms with van der Waals surface area (Å²) in [7, 11) is -2.01. The van der Waals surface area contributed by atoms with Crippen LogP contribution in [0, 0.1) is 5.82 Å². The summed E-state index contributed by atoms with van der Waals surface area (Å²) in [4.78, 5) is 29.7. The second kappa shape index (κ2) is 15.2. The summed E-state index contributed by atoms with van der Waals surface area (Å²) in [6.45, 7) is 0.306. The molecular formula is C36H38FN3O5S. The number of nitrogens with zero attached hydrogens (tertiary/aromatic N) is 1. The average Bonchev–Trinajstić information content (AvgIpc) is 3.89. The lowest BCUT2D eigenvalue weighted by Gasteiger charge is -2.32. The smallest absolute Gasteiger partial charge is 0.243 e. The van der Waals surface area contributed by atoms with Crippen molar-refractivity contribution in [3.05, 3.63) is 131 Å². The molecule has 10 heteroatoms. The molecular weight excluding hydrogens is 605 g/mol. The van der Waals surface area contributed by atoms with Crippen LogP contribution in [-0.4, -0.2) is 44.3 Å². The van der Waals surface area contributed by atoms with Crippen molar-refractivity contribution in [2.75, 3.05) is 7.11 Å². The van der Waals surface area contributed by atoms with Crippen molar-refractivity contribution in [3.8, 4) is 5.75 Å². The minimum atomic E-state index is -3.58. The number of halogens is 1. The molecule has 0 aliphatic heterocycles. The Morgan fingerprint density at radius 3 is 2.20 bits per heavy atom. The maximum Gasteiger partial charge on any atom is 0.243 e. The fourth-order valence-corrected chi connectivity index (χ4v) is 6.51. The van der Waals surface area contributed by atoms with Crippen LogP contribution in [0.15, 0.2) is 108 Å². The van der Waals surface area contributed by atoms with Crippen molar-refractivity contribution in [1.29, 1.82) is 0 Å². The minimum Gasteiger partial charge on any atom is -0.496 e. The van der Waals surface area contributed by atoms with E-state index in [-0.39, 0.29) is 48.7 Å². The van der Waals surface area contributed by atoms with Gasteiger partial charge < -0.3 is 15.0 Å². The van der Waals surface area contributed by atoms with E-state index in [9.17, 15) is 22.4 Å². The van der Waals surface area contributed by atoms with Gasteiger partial charge in [0.1, 0.15) is 17.6 Å². The number of methoxy groups -OCH3 is 1. The molecule has 1 fully saturated rings. The van der Waals surface area contributed by atoms with Crippen molar-refractivity contribution in [1.82, 2.24) is 14.9 Å². The molecule has 46 heavy (non-hydrogen) atoms. The number of sulfonamides is 1. The molecule has 1 unspecified atom stereocenters. The van der Waals surface area contributed by atoms with E-state index < -0.39 is 21.9 Å². The quantitative estimate of drug-likeness (QED) is 0.186. The summed E-state index contributed by atoms with van der Waals surface area (Å²) in [6, 6.07) is 28.4. The van der Waals surface area contributed by atoms with E-state index >= 15 is 0 Å². The van der Waals surface area contributed by atoms with Crippen LogP contribution in [0.1, 0.15) is 41.5 Å². The highest BCUT2D eigenvalue weighted by Crippen LogP contribution is 2.23. The number of aryl methyl sites for hydroxylation is 1. The molecule has 0 saturated heterocycles. The number of hydrogen-bond acceptors (Lipinski definition) is 5. The average molecular weight is 644 g/mol. The fourth-order valence-electron chi connectivity index (χ4n) is 5.21. The summed E-state index contributed by atoms with van der Waals surface area (Å²) in [5, 5.41) is 3.00. The first kappa shape index (κ1) is 32.8. The number of hydrogen-bond donors (Lipinski definition) is 2. The van der Waals surface area contributed by atoms with Crippen molar-refractivity contribution >= 4 is 21.8 Å². The van der Waals surface area contributed by atoms with Crippen LogP contribution >= 0.6 is 0 Å². The molecule has 1 saturated carbocycles. The molecule has 0 radical (unpaired) electrons. The molecule has 1 aliphatic rings. The fraction of sp³-hybridized carbons (Fsp3) is 0.278. The Bertz CT molecular complexity index is 1730. The predicted octanol–water partition coefficient (Wildman–Crippen LogP) is 5.16. The van der Waals surface area contributed by atoms with E-state index in [0.29, 0.717) is 17.7 Å². The molecule has 0 bridgehead atoms. The summed E-state index contributed by atoms with van der Waals surface area (Å²) in [5.74, 6) is -0.341. The molecule has 240 valence electrons. The summed E-state index contributed by atoms with van der Waals surface area (Å²) in [6.07, 6.45) is 2.38. The molecule has 1 atom stereocenters. The predicted molar refractivity (Wildman–Crippen MR) is 174 cm³/mol. The Morgan fingerprint density at radius 1 is 0.870 bits per heavy atom. The second-order valence-electron chi connectivity index (χ2n) is 11.4. The Balaban J connectivity index is 1.37. The van der Waals surface area contributed by atoms with Gasteiger partial charge in [-0.25, -0.2) is 17.5 Å². The highest BCUT2D eigenvalue weighted by atomic mass is 32.2. The third-order valence-corrected chi connectivity index (χ3v) is 9.48. The number of carbonyl (C=O) groups is 2. The van der Waals surface area contributed by atoms with Gasteiger partial charge in [0.15, 0.2) is 0 Å². The third-order valence-electron chi connectivity index (χ3n) is 7.94. The normalized spacial score (nSPS) is 13.5. The highest BCUT2D eigenvalue weighted by molar-refractivity contribution is 7.89. The van der Waals surface area contributed by atoms with Gasteiger partial charge in [0.25, 0.3) is 0 Å². The van der Waals surface area contributed by atoms with Gasteiger partial charge >= 0.3 is 0 Å². The lowest BCUT2D eigenvalue weighted by atomic mass is 10.0. The monoisotopic (exact) mass is 643 g/mol. The topological polar surface area (TPSA) is 105 Å². The maximum atomic E-state index is 14.0. The van der Waals surface area contributed by atoms with Crippen molar-refractivity contribution in [2.24, 2.45) is 0 Å². The van der Waals surface area contributed by atoms with Gasteiger partial charge in [0.2, 0.25) is 21.8 Å². The largest absolute Gasteiger partial charge is 0.496 e. The molecule has 1 aliphatic carbocycles. The zero-order valence-corrected chi connectivity index (χ0v) is 26.5. The summed E-state index contributed by atoms with van der Waals surface area (Å²) < 4.78 is 47.0. The molecule has 2 N–H and O–H groups in total. The Morgan fingerprint density at radius 2 is 1.52 bits per heavy atom. The van der Waals surface area contributed by atoms with Crippen LogP contribution in [0.25, 0.3) is 0 Å².